The van der Waals surface area contributed by atoms with Gasteiger partial charge in [-0.2, -0.15) is 0 Å². The standard InChI is InChI=1S/C21H26N4O3/c1-16-7-8-18(12-23-16)21(27)24-10-4-6-19(14-24)25(20(26)15-28-2)13-17-5-3-9-22-11-17/h3,5,7-9,11-12,19H,4,6,10,13-15H2,1-2H3. The van der Waals surface area contributed by atoms with Gasteiger partial charge in [0.1, 0.15) is 6.61 Å². The Bertz CT molecular complexity index is 795. The molecule has 0 radical (unpaired) electrons. The maximum absolute atomic E-state index is 12.9. The predicted octanol–water partition coefficient (Wildman–Crippen LogP) is 2.06. The zero-order chi connectivity index (χ0) is 19.9. The average Bonchev–Trinajstić information content (AvgIpc) is 2.73. The number of nitrogens with zero attached hydrogens (tertiary/aromatic N) is 4. The number of pyridine rings is 2. The third-order valence-corrected chi connectivity index (χ3v) is 4.95. The molecule has 1 saturated heterocycles. The zero-order valence-electron chi connectivity index (χ0n) is 16.4. The Hall–Kier alpha value is -2.80. The van der Waals surface area contributed by atoms with Crippen LogP contribution in [0.5, 0.6) is 0 Å². The van der Waals surface area contributed by atoms with Crippen molar-refractivity contribution in [1.29, 1.82) is 0 Å². The maximum atomic E-state index is 12.9. The summed E-state index contributed by atoms with van der Waals surface area (Å²) >= 11 is 0. The largest absolute Gasteiger partial charge is 0.375 e. The third-order valence-electron chi connectivity index (χ3n) is 4.95. The number of aryl methyl sites for hydroxylation is 1. The van der Waals surface area contributed by atoms with Gasteiger partial charge in [-0.15, -0.1) is 0 Å². The highest BCUT2D eigenvalue weighted by Gasteiger charge is 2.31. The van der Waals surface area contributed by atoms with Crippen LogP contribution in [-0.4, -0.2) is 64.4 Å². The summed E-state index contributed by atoms with van der Waals surface area (Å²) in [7, 11) is 1.52. The molecule has 2 aromatic rings. The molecule has 0 bridgehead atoms. The van der Waals surface area contributed by atoms with Crippen LogP contribution in [0.15, 0.2) is 42.9 Å². The number of carbonyl (C=O) groups is 2. The number of carbonyl (C=O) groups excluding carboxylic acids is 2. The molecular formula is C21H26N4O3. The van der Waals surface area contributed by atoms with Crippen LogP contribution in [0.2, 0.25) is 0 Å². The maximum Gasteiger partial charge on any atom is 0.255 e. The van der Waals surface area contributed by atoms with Crippen molar-refractivity contribution in [3.63, 3.8) is 0 Å². The topological polar surface area (TPSA) is 75.6 Å². The van der Waals surface area contributed by atoms with Crippen LogP contribution < -0.4 is 0 Å². The summed E-state index contributed by atoms with van der Waals surface area (Å²) in [5, 5.41) is 0. The molecule has 2 aromatic heterocycles. The molecule has 7 heteroatoms. The first kappa shape index (κ1) is 19.9. The van der Waals surface area contributed by atoms with E-state index in [9.17, 15) is 9.59 Å². The smallest absolute Gasteiger partial charge is 0.255 e. The number of ether oxygens (including phenoxy) is 1. The lowest BCUT2D eigenvalue weighted by molar-refractivity contribution is -0.139. The molecule has 0 aliphatic carbocycles. The SMILES string of the molecule is COCC(=O)N(Cc1cccnc1)C1CCCN(C(=O)c2ccc(C)nc2)C1. The molecule has 1 aliphatic rings. The lowest BCUT2D eigenvalue weighted by atomic mass is 10.0. The van der Waals surface area contributed by atoms with E-state index in [0.29, 0.717) is 25.2 Å². The number of piperidine rings is 1. The monoisotopic (exact) mass is 382 g/mol. The molecule has 1 unspecified atom stereocenters. The van der Waals surface area contributed by atoms with Crippen LogP contribution in [0.4, 0.5) is 0 Å². The Labute approximate surface area is 165 Å². The second kappa shape index (κ2) is 9.41. The lowest BCUT2D eigenvalue weighted by Gasteiger charge is -2.39. The van der Waals surface area contributed by atoms with Crippen molar-refractivity contribution >= 4 is 11.8 Å². The second-order valence-corrected chi connectivity index (χ2v) is 7.05. The van der Waals surface area contributed by atoms with Crippen molar-refractivity contribution in [3.05, 3.63) is 59.7 Å². The van der Waals surface area contributed by atoms with Crippen molar-refractivity contribution in [2.75, 3.05) is 26.8 Å². The Morgan fingerprint density at radius 3 is 2.82 bits per heavy atom. The summed E-state index contributed by atoms with van der Waals surface area (Å²) in [6.45, 7) is 3.55. The van der Waals surface area contributed by atoms with Crippen LogP contribution in [0.25, 0.3) is 0 Å². The van der Waals surface area contributed by atoms with E-state index in [1.807, 2.05) is 34.9 Å². The highest BCUT2D eigenvalue weighted by molar-refractivity contribution is 5.94. The van der Waals surface area contributed by atoms with Gasteiger partial charge >= 0.3 is 0 Å². The number of rotatable bonds is 6. The Balaban J connectivity index is 1.75. The fraction of sp³-hybridized carbons (Fsp3) is 0.429. The van der Waals surface area contributed by atoms with Crippen molar-refractivity contribution in [3.8, 4) is 0 Å². The molecule has 0 spiro atoms. The molecule has 7 nitrogen and oxygen atoms in total. The van der Waals surface area contributed by atoms with E-state index >= 15 is 0 Å². The molecule has 1 atom stereocenters. The number of methoxy groups -OCH3 is 1. The summed E-state index contributed by atoms with van der Waals surface area (Å²) in [5.74, 6) is -0.125. The van der Waals surface area contributed by atoms with Crippen molar-refractivity contribution < 1.29 is 14.3 Å². The van der Waals surface area contributed by atoms with Crippen LogP contribution in [0, 0.1) is 6.92 Å². The van der Waals surface area contributed by atoms with Gasteiger partial charge in [0, 0.05) is 57.1 Å². The first-order valence-electron chi connectivity index (χ1n) is 9.47. The Morgan fingerprint density at radius 1 is 1.29 bits per heavy atom. The molecule has 1 fully saturated rings. The van der Waals surface area contributed by atoms with Crippen molar-refractivity contribution in [2.24, 2.45) is 0 Å². The molecule has 3 rings (SSSR count). The molecular weight excluding hydrogens is 356 g/mol. The van der Waals surface area contributed by atoms with E-state index in [1.54, 1.807) is 24.7 Å². The molecule has 2 amide bonds. The molecule has 28 heavy (non-hydrogen) atoms. The molecule has 148 valence electrons. The molecule has 0 aromatic carbocycles. The van der Waals surface area contributed by atoms with Crippen LogP contribution in [0.3, 0.4) is 0 Å². The molecule has 3 heterocycles. The number of hydrogen-bond donors (Lipinski definition) is 0. The summed E-state index contributed by atoms with van der Waals surface area (Å²) in [6.07, 6.45) is 6.79. The minimum absolute atomic E-state index is 0.0204. The summed E-state index contributed by atoms with van der Waals surface area (Å²) in [5.41, 5.74) is 2.41. The fourth-order valence-electron chi connectivity index (χ4n) is 3.49. The van der Waals surface area contributed by atoms with E-state index in [0.717, 1.165) is 24.1 Å². The lowest BCUT2D eigenvalue weighted by Crippen LogP contribution is -2.52. The number of hydrogen-bond acceptors (Lipinski definition) is 5. The molecule has 0 N–H and O–H groups in total. The molecule has 0 saturated carbocycles. The fourth-order valence-corrected chi connectivity index (χ4v) is 3.49. The third kappa shape index (κ3) is 4.92. The highest BCUT2D eigenvalue weighted by atomic mass is 16.5. The van der Waals surface area contributed by atoms with Gasteiger partial charge in [0.25, 0.3) is 5.91 Å². The predicted molar refractivity (Wildman–Crippen MR) is 105 cm³/mol. The highest BCUT2D eigenvalue weighted by Crippen LogP contribution is 2.20. The van der Waals surface area contributed by atoms with Crippen molar-refractivity contribution in [1.82, 2.24) is 19.8 Å². The second-order valence-electron chi connectivity index (χ2n) is 7.05. The minimum atomic E-state index is -0.0809. The van der Waals surface area contributed by atoms with E-state index in [2.05, 4.69) is 9.97 Å². The Morgan fingerprint density at radius 2 is 2.14 bits per heavy atom. The van der Waals surface area contributed by atoms with E-state index in [-0.39, 0.29) is 24.5 Å². The Kier molecular flexibility index (Phi) is 6.71. The van der Waals surface area contributed by atoms with Gasteiger partial charge < -0.3 is 14.5 Å². The number of aromatic nitrogens is 2. The zero-order valence-corrected chi connectivity index (χ0v) is 16.4. The van der Waals surface area contributed by atoms with Crippen LogP contribution in [-0.2, 0) is 16.1 Å². The van der Waals surface area contributed by atoms with Gasteiger partial charge in [-0.1, -0.05) is 6.07 Å². The van der Waals surface area contributed by atoms with E-state index in [4.69, 9.17) is 4.74 Å². The van der Waals surface area contributed by atoms with Crippen molar-refractivity contribution in [2.45, 2.75) is 32.4 Å². The van der Waals surface area contributed by atoms with E-state index in [1.165, 1.54) is 7.11 Å². The van der Waals surface area contributed by atoms with Crippen LogP contribution in [0.1, 0.15) is 34.5 Å². The number of amides is 2. The van der Waals surface area contributed by atoms with Gasteiger partial charge in [-0.25, -0.2) is 0 Å². The van der Waals surface area contributed by atoms with E-state index < -0.39 is 0 Å². The van der Waals surface area contributed by atoms with Gasteiger partial charge in [0.15, 0.2) is 0 Å². The number of likely N-dealkylation sites (tertiary alicyclic amines) is 1. The molecule has 1 aliphatic heterocycles. The van der Waals surface area contributed by atoms with Gasteiger partial charge in [-0.05, 0) is 43.5 Å². The minimum Gasteiger partial charge on any atom is -0.375 e. The summed E-state index contributed by atoms with van der Waals surface area (Å²) in [6, 6.07) is 7.39. The first-order valence-corrected chi connectivity index (χ1v) is 9.47. The normalized spacial score (nSPS) is 16.6. The van der Waals surface area contributed by atoms with Crippen LogP contribution >= 0.6 is 0 Å². The average molecular weight is 382 g/mol. The first-order chi connectivity index (χ1) is 13.6. The van der Waals surface area contributed by atoms with Gasteiger partial charge in [-0.3, -0.25) is 19.6 Å². The summed E-state index contributed by atoms with van der Waals surface area (Å²) in [4.78, 5) is 37.6. The quantitative estimate of drug-likeness (QED) is 0.764. The van der Waals surface area contributed by atoms with Gasteiger partial charge in [0.2, 0.25) is 5.91 Å². The summed E-state index contributed by atoms with van der Waals surface area (Å²) < 4.78 is 5.07. The van der Waals surface area contributed by atoms with Gasteiger partial charge in [0.05, 0.1) is 5.56 Å².